The molecule has 0 unspecified atom stereocenters. The van der Waals surface area contributed by atoms with Crippen molar-refractivity contribution in [3.05, 3.63) is 0 Å². The van der Waals surface area contributed by atoms with E-state index >= 15 is 0 Å². The topological polar surface area (TPSA) is 83.1 Å². The summed E-state index contributed by atoms with van der Waals surface area (Å²) in [6, 6.07) is 1.76. The Hall–Kier alpha value is 1.69. The first-order chi connectivity index (χ1) is 18.3. The van der Waals surface area contributed by atoms with Crippen LogP contribution in [0.3, 0.4) is 0 Å². The molecule has 0 radical (unpaired) electrons. The van der Waals surface area contributed by atoms with Gasteiger partial charge in [0.25, 0.3) is 0 Å². The Morgan fingerprint density at radius 2 is 0.737 bits per heavy atom. The summed E-state index contributed by atoms with van der Waals surface area (Å²) in [5.41, 5.74) is 0. The Balaban J connectivity index is 0. The first kappa shape index (κ1) is 41.8. The molecule has 38 heavy (non-hydrogen) atoms. The zero-order chi connectivity index (χ0) is 29.2. The summed E-state index contributed by atoms with van der Waals surface area (Å²) in [5, 5.41) is 0. The van der Waals surface area contributed by atoms with Crippen molar-refractivity contribution in [2.75, 3.05) is 72.5 Å². The van der Waals surface area contributed by atoms with Gasteiger partial charge in [0.2, 0.25) is 0 Å². The maximum Gasteiger partial charge on any atom is 0.500 e. The van der Waals surface area contributed by atoms with Crippen molar-refractivity contribution in [1.82, 2.24) is 0 Å². The lowest BCUT2D eigenvalue weighted by Gasteiger charge is -2.28. The molecule has 0 aromatic rings. The molecular formula is C22H54O9S4Si3. The summed E-state index contributed by atoms with van der Waals surface area (Å²) < 4.78 is 50.2. The van der Waals surface area contributed by atoms with Gasteiger partial charge in [0.1, 0.15) is 0 Å². The Morgan fingerprint density at radius 1 is 0.474 bits per heavy atom. The van der Waals surface area contributed by atoms with E-state index in [1.807, 2.05) is 89.3 Å². The molecule has 0 saturated carbocycles. The van der Waals surface area contributed by atoms with E-state index in [9.17, 15) is 0 Å². The minimum atomic E-state index is -2.49. The maximum atomic E-state index is 5.90. The van der Waals surface area contributed by atoms with Crippen LogP contribution in [0.25, 0.3) is 0 Å². The van der Waals surface area contributed by atoms with Gasteiger partial charge in [-0.2, -0.15) is 0 Å². The predicted octanol–water partition coefficient (Wildman–Crippen LogP) is 7.04. The van der Waals surface area contributed by atoms with Crippen LogP contribution in [-0.2, 0) is 39.8 Å². The summed E-state index contributed by atoms with van der Waals surface area (Å²) in [6.45, 7) is 17.7. The quantitative estimate of drug-likeness (QED) is 0.0535. The molecule has 0 fully saturated rings. The fraction of sp³-hybridized carbons (Fsp3) is 1.00. The molecule has 0 aliphatic carbocycles. The highest BCUT2D eigenvalue weighted by molar-refractivity contribution is 9.26. The van der Waals surface area contributed by atoms with Crippen LogP contribution in [0.4, 0.5) is 0 Å². The van der Waals surface area contributed by atoms with Crippen molar-refractivity contribution in [3.63, 3.8) is 0 Å². The van der Waals surface area contributed by atoms with Gasteiger partial charge in [0, 0.05) is 91.1 Å². The van der Waals surface area contributed by atoms with E-state index in [1.54, 1.807) is 21.3 Å². The summed E-state index contributed by atoms with van der Waals surface area (Å²) in [6.07, 6.45) is 2.08. The molecule has 16 heteroatoms. The molecule has 0 aliphatic rings. The lowest BCUT2D eigenvalue weighted by molar-refractivity contribution is 0.0704. The third-order valence-electron chi connectivity index (χ3n) is 4.84. The third kappa shape index (κ3) is 20.5. The molecule has 0 rings (SSSR count). The average Bonchev–Trinajstić information content (AvgIpc) is 2.90. The Morgan fingerprint density at radius 3 is 0.921 bits per heavy atom. The summed E-state index contributed by atoms with van der Waals surface area (Å²) >= 11 is 0. The first-order valence-corrected chi connectivity index (χ1v) is 24.6. The Kier molecular flexibility index (Phi) is 30.3. The normalized spacial score (nSPS) is 12.5. The van der Waals surface area contributed by atoms with Gasteiger partial charge in [0.05, 0.1) is 0 Å². The van der Waals surface area contributed by atoms with Crippen LogP contribution >= 0.6 is 41.2 Å². The zero-order valence-electron chi connectivity index (χ0n) is 25.3. The smallest absolute Gasteiger partial charge is 0.377 e. The molecule has 0 saturated heterocycles. The molecule has 232 valence electrons. The molecule has 0 amide bonds. The van der Waals surface area contributed by atoms with Crippen molar-refractivity contribution < 1.29 is 39.8 Å². The van der Waals surface area contributed by atoms with Crippen LogP contribution < -0.4 is 0 Å². The van der Waals surface area contributed by atoms with Crippen LogP contribution in [0.2, 0.25) is 18.6 Å². The summed E-state index contributed by atoms with van der Waals surface area (Å²) in [5.74, 6) is 2.13. The number of rotatable bonds is 26. The van der Waals surface area contributed by atoms with Crippen LogP contribution in [0.15, 0.2) is 0 Å². The molecule has 0 atom stereocenters. The standard InChI is InChI=1S/C18H42O6S4Si2.C4H12O3Si/c1-7-19-29(20-8-2,21-9-3)17-13-15-25-27-28-26-16-14-18-30(22-10-4,23-11-5)24-12-6;1-5-8(4,6-2)7-3/h7-18H2,1-6H3;1-4H3. The molecule has 0 aromatic heterocycles. The minimum absolute atomic E-state index is 0.640. The van der Waals surface area contributed by atoms with Crippen LogP contribution in [0.5, 0.6) is 0 Å². The molecule has 0 spiro atoms. The van der Waals surface area contributed by atoms with E-state index in [0.717, 1.165) is 36.4 Å². The van der Waals surface area contributed by atoms with Gasteiger partial charge in [-0.1, -0.05) is 21.6 Å². The SMILES string of the molecule is CCO[Si](CCCSSSSCCC[Si](OCC)(OCC)OCC)(OCC)OCC.CO[Si](C)(OC)OC. The number of hydrogen-bond donors (Lipinski definition) is 0. The second-order valence-corrected chi connectivity index (χ2v) is 22.1. The highest BCUT2D eigenvalue weighted by Gasteiger charge is 2.40. The van der Waals surface area contributed by atoms with Crippen molar-refractivity contribution in [3.8, 4) is 0 Å². The second kappa shape index (κ2) is 27.5. The van der Waals surface area contributed by atoms with Gasteiger partial charge in [0.15, 0.2) is 0 Å². The fourth-order valence-electron chi connectivity index (χ4n) is 3.06. The minimum Gasteiger partial charge on any atom is -0.377 e. The van der Waals surface area contributed by atoms with Crippen molar-refractivity contribution in [1.29, 1.82) is 0 Å². The third-order valence-corrected chi connectivity index (χ3v) is 20.0. The molecule has 0 N–H and O–H groups in total. The van der Waals surface area contributed by atoms with Gasteiger partial charge >= 0.3 is 26.4 Å². The summed E-state index contributed by atoms with van der Waals surface area (Å²) in [7, 11) is 5.05. The van der Waals surface area contributed by atoms with Crippen LogP contribution in [0.1, 0.15) is 54.4 Å². The van der Waals surface area contributed by atoms with Crippen molar-refractivity contribution >= 4 is 67.7 Å². The zero-order valence-corrected chi connectivity index (χ0v) is 31.6. The maximum absolute atomic E-state index is 5.90. The van der Waals surface area contributed by atoms with Crippen LogP contribution in [0, 0.1) is 0 Å². The van der Waals surface area contributed by atoms with Gasteiger partial charge in [-0.25, -0.2) is 0 Å². The van der Waals surface area contributed by atoms with E-state index < -0.39 is 26.4 Å². The van der Waals surface area contributed by atoms with Gasteiger partial charge in [-0.05, 0) is 74.0 Å². The molecule has 0 aromatic carbocycles. The first-order valence-electron chi connectivity index (χ1n) is 13.3. The van der Waals surface area contributed by atoms with Crippen molar-refractivity contribution in [2.24, 2.45) is 0 Å². The number of hydrogen-bond acceptors (Lipinski definition) is 13. The van der Waals surface area contributed by atoms with E-state index in [2.05, 4.69) is 0 Å². The summed E-state index contributed by atoms with van der Waals surface area (Å²) in [4.78, 5) is 0. The van der Waals surface area contributed by atoms with E-state index in [4.69, 9.17) is 39.8 Å². The average molecular weight is 675 g/mol. The second-order valence-electron chi connectivity index (χ2n) is 7.43. The molecule has 0 bridgehead atoms. The lowest BCUT2D eigenvalue weighted by atomic mass is 10.6. The van der Waals surface area contributed by atoms with Gasteiger partial charge in [-0.3, -0.25) is 0 Å². The van der Waals surface area contributed by atoms with Gasteiger partial charge < -0.3 is 39.8 Å². The van der Waals surface area contributed by atoms with E-state index in [0.29, 0.717) is 39.6 Å². The Labute approximate surface area is 251 Å². The molecular weight excluding hydrogens is 621 g/mol. The largest absolute Gasteiger partial charge is 0.500 e. The monoisotopic (exact) mass is 674 g/mol. The highest BCUT2D eigenvalue weighted by Crippen LogP contribution is 2.44. The van der Waals surface area contributed by atoms with Crippen molar-refractivity contribution in [2.45, 2.75) is 73.0 Å². The van der Waals surface area contributed by atoms with E-state index in [1.165, 1.54) is 0 Å². The molecule has 0 heterocycles. The molecule has 9 nitrogen and oxygen atoms in total. The van der Waals surface area contributed by atoms with Crippen LogP contribution in [-0.4, -0.2) is 98.9 Å². The highest BCUT2D eigenvalue weighted by atomic mass is 33.7. The Bertz CT molecular complexity index is 440. The fourth-order valence-corrected chi connectivity index (χ4v) is 15.4. The van der Waals surface area contributed by atoms with E-state index in [-0.39, 0.29) is 0 Å². The predicted molar refractivity (Wildman–Crippen MR) is 173 cm³/mol. The van der Waals surface area contributed by atoms with Gasteiger partial charge in [-0.15, -0.1) is 0 Å². The lowest BCUT2D eigenvalue weighted by Crippen LogP contribution is -2.46. The molecule has 0 aliphatic heterocycles.